The SMILES string of the molecule is CC(CC(=O)OCC1CO1)C(=O)O. The third-order valence-electron chi connectivity index (χ3n) is 1.73. The first-order valence-electron chi connectivity index (χ1n) is 4.09. The van der Waals surface area contributed by atoms with Crippen LogP contribution < -0.4 is 0 Å². The van der Waals surface area contributed by atoms with E-state index in [2.05, 4.69) is 0 Å². The van der Waals surface area contributed by atoms with Crippen LogP contribution in [0.3, 0.4) is 0 Å². The lowest BCUT2D eigenvalue weighted by molar-refractivity contribution is -0.151. The minimum atomic E-state index is -0.986. The summed E-state index contributed by atoms with van der Waals surface area (Å²) in [7, 11) is 0. The molecule has 74 valence electrons. The summed E-state index contributed by atoms with van der Waals surface area (Å²) in [4.78, 5) is 21.3. The maximum Gasteiger partial charge on any atom is 0.306 e. The Morgan fingerprint density at radius 1 is 1.69 bits per heavy atom. The lowest BCUT2D eigenvalue weighted by atomic mass is 10.1. The third-order valence-corrected chi connectivity index (χ3v) is 1.73. The molecule has 1 aliphatic rings. The molecule has 0 radical (unpaired) electrons. The molecule has 1 saturated heterocycles. The van der Waals surface area contributed by atoms with Crippen molar-refractivity contribution in [1.29, 1.82) is 0 Å². The summed E-state index contributed by atoms with van der Waals surface area (Å²) in [6, 6.07) is 0. The van der Waals surface area contributed by atoms with Crippen LogP contribution in [0.4, 0.5) is 0 Å². The van der Waals surface area contributed by atoms with E-state index >= 15 is 0 Å². The second-order valence-electron chi connectivity index (χ2n) is 3.08. The Kier molecular flexibility index (Phi) is 3.25. The number of esters is 1. The molecule has 2 unspecified atom stereocenters. The molecule has 0 aromatic heterocycles. The largest absolute Gasteiger partial charge is 0.481 e. The van der Waals surface area contributed by atoms with Gasteiger partial charge in [-0.2, -0.15) is 0 Å². The molecular formula is C8H12O5. The summed E-state index contributed by atoms with van der Waals surface area (Å²) >= 11 is 0. The van der Waals surface area contributed by atoms with Crippen molar-refractivity contribution in [2.45, 2.75) is 19.4 Å². The van der Waals surface area contributed by atoms with Crippen molar-refractivity contribution in [3.63, 3.8) is 0 Å². The fourth-order valence-corrected chi connectivity index (χ4v) is 0.746. The van der Waals surface area contributed by atoms with E-state index in [1.165, 1.54) is 6.92 Å². The number of hydrogen-bond acceptors (Lipinski definition) is 4. The minimum Gasteiger partial charge on any atom is -0.481 e. The summed E-state index contributed by atoms with van der Waals surface area (Å²) in [5, 5.41) is 8.49. The molecule has 2 atom stereocenters. The summed E-state index contributed by atoms with van der Waals surface area (Å²) in [5.74, 6) is -2.15. The van der Waals surface area contributed by atoms with Crippen molar-refractivity contribution in [2.75, 3.05) is 13.2 Å². The van der Waals surface area contributed by atoms with Crippen LogP contribution in [-0.4, -0.2) is 36.4 Å². The minimum absolute atomic E-state index is 0.0316. The average Bonchev–Trinajstić information content (AvgIpc) is 2.83. The van der Waals surface area contributed by atoms with Crippen LogP contribution in [0, 0.1) is 5.92 Å². The van der Waals surface area contributed by atoms with Crippen LogP contribution in [0.2, 0.25) is 0 Å². The number of carbonyl (C=O) groups excluding carboxylic acids is 1. The monoisotopic (exact) mass is 188 g/mol. The van der Waals surface area contributed by atoms with E-state index < -0.39 is 17.9 Å². The first-order valence-corrected chi connectivity index (χ1v) is 4.09. The molecule has 1 rings (SSSR count). The van der Waals surface area contributed by atoms with Gasteiger partial charge in [0.25, 0.3) is 0 Å². The topological polar surface area (TPSA) is 76.1 Å². The Morgan fingerprint density at radius 2 is 2.31 bits per heavy atom. The van der Waals surface area contributed by atoms with Gasteiger partial charge >= 0.3 is 11.9 Å². The maximum atomic E-state index is 10.9. The van der Waals surface area contributed by atoms with E-state index in [9.17, 15) is 9.59 Å². The van der Waals surface area contributed by atoms with Gasteiger partial charge in [0.15, 0.2) is 0 Å². The highest BCUT2D eigenvalue weighted by Crippen LogP contribution is 2.10. The Hall–Kier alpha value is -1.10. The number of ether oxygens (including phenoxy) is 2. The molecule has 0 saturated carbocycles. The normalized spacial score (nSPS) is 22.1. The zero-order chi connectivity index (χ0) is 9.84. The Morgan fingerprint density at radius 3 is 2.77 bits per heavy atom. The summed E-state index contributed by atoms with van der Waals surface area (Å²) < 4.78 is 9.58. The van der Waals surface area contributed by atoms with Crippen molar-refractivity contribution in [1.82, 2.24) is 0 Å². The van der Waals surface area contributed by atoms with Crippen molar-refractivity contribution >= 4 is 11.9 Å². The van der Waals surface area contributed by atoms with Crippen molar-refractivity contribution in [3.05, 3.63) is 0 Å². The van der Waals surface area contributed by atoms with E-state index in [4.69, 9.17) is 14.6 Å². The molecule has 1 aliphatic heterocycles. The second kappa shape index (κ2) is 4.23. The fraction of sp³-hybridized carbons (Fsp3) is 0.750. The smallest absolute Gasteiger partial charge is 0.306 e. The first-order chi connectivity index (χ1) is 6.09. The molecule has 0 bridgehead atoms. The van der Waals surface area contributed by atoms with Gasteiger partial charge in [0.05, 0.1) is 18.9 Å². The van der Waals surface area contributed by atoms with Crippen LogP contribution in [0.15, 0.2) is 0 Å². The lowest BCUT2D eigenvalue weighted by Crippen LogP contribution is -2.18. The fourth-order valence-electron chi connectivity index (χ4n) is 0.746. The first kappa shape index (κ1) is 9.98. The van der Waals surface area contributed by atoms with Gasteiger partial charge in [-0.05, 0) is 0 Å². The number of rotatable bonds is 5. The molecular weight excluding hydrogens is 176 g/mol. The van der Waals surface area contributed by atoms with Gasteiger partial charge in [-0.1, -0.05) is 6.92 Å². The Balaban J connectivity index is 2.11. The highest BCUT2D eigenvalue weighted by molar-refractivity contribution is 5.78. The zero-order valence-electron chi connectivity index (χ0n) is 7.36. The van der Waals surface area contributed by atoms with Crippen molar-refractivity contribution in [3.8, 4) is 0 Å². The molecule has 0 aliphatic carbocycles. The molecule has 0 aromatic carbocycles. The number of hydrogen-bond donors (Lipinski definition) is 1. The van der Waals surface area contributed by atoms with E-state index in [0.29, 0.717) is 6.61 Å². The molecule has 5 heteroatoms. The number of carbonyl (C=O) groups is 2. The molecule has 1 N–H and O–H groups in total. The van der Waals surface area contributed by atoms with Gasteiger partial charge < -0.3 is 14.6 Å². The predicted molar refractivity (Wildman–Crippen MR) is 42.1 cm³/mol. The summed E-state index contributed by atoms with van der Waals surface area (Å²) in [6.45, 7) is 2.34. The highest BCUT2D eigenvalue weighted by atomic mass is 16.6. The number of carboxylic acid groups (broad SMARTS) is 1. The molecule has 0 amide bonds. The number of aliphatic carboxylic acids is 1. The molecule has 5 nitrogen and oxygen atoms in total. The van der Waals surface area contributed by atoms with Crippen LogP contribution in [0.1, 0.15) is 13.3 Å². The predicted octanol–water partition coefficient (Wildman–Crippen LogP) is 0.0392. The molecule has 1 heterocycles. The molecule has 1 fully saturated rings. The van der Waals surface area contributed by atoms with E-state index in [-0.39, 0.29) is 19.1 Å². The summed E-state index contributed by atoms with van der Waals surface area (Å²) in [6.07, 6.45) is -0.0497. The summed E-state index contributed by atoms with van der Waals surface area (Å²) in [5.41, 5.74) is 0. The lowest BCUT2D eigenvalue weighted by Gasteiger charge is -2.05. The van der Waals surface area contributed by atoms with Crippen LogP contribution >= 0.6 is 0 Å². The van der Waals surface area contributed by atoms with Gasteiger partial charge in [-0.25, -0.2) is 0 Å². The molecule has 13 heavy (non-hydrogen) atoms. The van der Waals surface area contributed by atoms with E-state index in [1.807, 2.05) is 0 Å². The Labute approximate surface area is 75.6 Å². The maximum absolute atomic E-state index is 10.9. The van der Waals surface area contributed by atoms with E-state index in [1.54, 1.807) is 0 Å². The second-order valence-corrected chi connectivity index (χ2v) is 3.08. The Bertz CT molecular complexity index is 209. The van der Waals surface area contributed by atoms with Crippen molar-refractivity contribution in [2.24, 2.45) is 5.92 Å². The number of carboxylic acids is 1. The number of epoxide rings is 1. The van der Waals surface area contributed by atoms with Gasteiger partial charge in [-0.3, -0.25) is 9.59 Å². The zero-order valence-corrected chi connectivity index (χ0v) is 7.36. The van der Waals surface area contributed by atoms with E-state index in [0.717, 1.165) is 0 Å². The quantitative estimate of drug-likeness (QED) is 0.487. The standard InChI is InChI=1S/C8H12O5/c1-5(8(10)11)2-7(9)13-4-6-3-12-6/h5-6H,2-4H2,1H3,(H,10,11). The van der Waals surface area contributed by atoms with Crippen LogP contribution in [-0.2, 0) is 19.1 Å². The van der Waals surface area contributed by atoms with Gasteiger partial charge in [0.2, 0.25) is 0 Å². The van der Waals surface area contributed by atoms with Crippen LogP contribution in [0.5, 0.6) is 0 Å². The molecule has 0 aromatic rings. The van der Waals surface area contributed by atoms with Gasteiger partial charge in [0, 0.05) is 0 Å². The van der Waals surface area contributed by atoms with Crippen LogP contribution in [0.25, 0.3) is 0 Å². The highest BCUT2D eigenvalue weighted by Gasteiger charge is 2.25. The van der Waals surface area contributed by atoms with Gasteiger partial charge in [-0.15, -0.1) is 0 Å². The third kappa shape index (κ3) is 3.89. The average molecular weight is 188 g/mol. The van der Waals surface area contributed by atoms with Gasteiger partial charge in [0.1, 0.15) is 12.7 Å². The molecule has 0 spiro atoms. The van der Waals surface area contributed by atoms with Crippen molar-refractivity contribution < 1.29 is 24.2 Å².